The largest absolute Gasteiger partial charge is 0.354 e. The van der Waals surface area contributed by atoms with Gasteiger partial charge in [0, 0.05) is 18.7 Å². The van der Waals surface area contributed by atoms with Gasteiger partial charge in [-0.25, -0.2) is 8.42 Å². The number of amides is 1. The van der Waals surface area contributed by atoms with Crippen molar-refractivity contribution in [2.24, 2.45) is 5.92 Å². The highest BCUT2D eigenvalue weighted by Gasteiger charge is 2.23. The number of nitro benzene ring substituents is 1. The van der Waals surface area contributed by atoms with Crippen molar-refractivity contribution < 1.29 is 18.1 Å². The first-order valence-electron chi connectivity index (χ1n) is 9.23. The maximum absolute atomic E-state index is 12.4. The lowest BCUT2D eigenvalue weighted by Gasteiger charge is -2.22. The highest BCUT2D eigenvalue weighted by Crippen LogP contribution is 2.23. The Labute approximate surface area is 170 Å². The first-order chi connectivity index (χ1) is 13.7. The SMILES string of the molecule is CCC(CNC(=O)CN(c1cccc([N+](=O)[O-])c1)S(C)(=O)=O)Cc1ccccc1. The van der Waals surface area contributed by atoms with E-state index in [9.17, 15) is 23.3 Å². The number of sulfonamides is 1. The van der Waals surface area contributed by atoms with Gasteiger partial charge in [-0.1, -0.05) is 49.7 Å². The van der Waals surface area contributed by atoms with Crippen molar-refractivity contribution in [1.82, 2.24) is 5.32 Å². The van der Waals surface area contributed by atoms with Gasteiger partial charge in [0.15, 0.2) is 0 Å². The predicted molar refractivity (Wildman–Crippen MR) is 112 cm³/mol. The summed E-state index contributed by atoms with van der Waals surface area (Å²) in [6, 6.07) is 15.1. The molecule has 2 aromatic carbocycles. The molecule has 1 amide bonds. The molecule has 1 atom stereocenters. The maximum atomic E-state index is 12.4. The van der Waals surface area contributed by atoms with Crippen molar-refractivity contribution in [2.75, 3.05) is 23.7 Å². The lowest BCUT2D eigenvalue weighted by Crippen LogP contribution is -2.41. The topological polar surface area (TPSA) is 110 Å². The Morgan fingerprint density at radius 3 is 2.45 bits per heavy atom. The fraction of sp³-hybridized carbons (Fsp3) is 0.350. The zero-order valence-corrected chi connectivity index (χ0v) is 17.3. The van der Waals surface area contributed by atoms with E-state index in [-0.39, 0.29) is 17.3 Å². The van der Waals surface area contributed by atoms with E-state index in [1.807, 2.05) is 37.3 Å². The Hall–Kier alpha value is -2.94. The van der Waals surface area contributed by atoms with Gasteiger partial charge < -0.3 is 5.32 Å². The molecule has 0 fully saturated rings. The van der Waals surface area contributed by atoms with Crippen molar-refractivity contribution in [3.63, 3.8) is 0 Å². The number of hydrogen-bond acceptors (Lipinski definition) is 5. The molecule has 156 valence electrons. The second-order valence-corrected chi connectivity index (χ2v) is 8.72. The molecule has 2 rings (SSSR count). The van der Waals surface area contributed by atoms with Crippen LogP contribution in [0.5, 0.6) is 0 Å². The fourth-order valence-corrected chi connectivity index (χ4v) is 3.76. The maximum Gasteiger partial charge on any atom is 0.271 e. The summed E-state index contributed by atoms with van der Waals surface area (Å²) >= 11 is 0. The first-order valence-corrected chi connectivity index (χ1v) is 11.1. The third kappa shape index (κ3) is 6.86. The zero-order valence-electron chi connectivity index (χ0n) is 16.4. The molecule has 1 unspecified atom stereocenters. The van der Waals surface area contributed by atoms with E-state index in [4.69, 9.17) is 0 Å². The molecular formula is C20H25N3O5S. The van der Waals surface area contributed by atoms with Gasteiger partial charge in [0.1, 0.15) is 6.54 Å². The van der Waals surface area contributed by atoms with Crippen molar-refractivity contribution in [2.45, 2.75) is 19.8 Å². The molecule has 0 radical (unpaired) electrons. The molecule has 0 bridgehead atoms. The quantitative estimate of drug-likeness (QED) is 0.470. The van der Waals surface area contributed by atoms with E-state index in [0.29, 0.717) is 6.54 Å². The first kappa shape index (κ1) is 22.4. The summed E-state index contributed by atoms with van der Waals surface area (Å²) in [4.78, 5) is 22.8. The predicted octanol–water partition coefficient (Wildman–Crippen LogP) is 2.75. The number of anilines is 1. The lowest BCUT2D eigenvalue weighted by atomic mass is 9.97. The van der Waals surface area contributed by atoms with Crippen LogP contribution in [0.2, 0.25) is 0 Å². The minimum atomic E-state index is -3.80. The number of nitro groups is 1. The summed E-state index contributed by atoms with van der Waals surface area (Å²) in [5, 5.41) is 13.8. The molecule has 1 N–H and O–H groups in total. The number of benzene rings is 2. The summed E-state index contributed by atoms with van der Waals surface area (Å²) in [5.74, 6) is -0.251. The minimum Gasteiger partial charge on any atom is -0.354 e. The molecule has 0 aliphatic carbocycles. The third-order valence-electron chi connectivity index (χ3n) is 4.55. The molecule has 8 nitrogen and oxygen atoms in total. The van der Waals surface area contributed by atoms with Crippen molar-refractivity contribution >= 4 is 27.3 Å². The van der Waals surface area contributed by atoms with Gasteiger partial charge in [0.05, 0.1) is 16.9 Å². The number of carbonyl (C=O) groups excluding carboxylic acids is 1. The van der Waals surface area contributed by atoms with Crippen LogP contribution in [-0.2, 0) is 21.2 Å². The van der Waals surface area contributed by atoms with E-state index < -0.39 is 27.4 Å². The van der Waals surface area contributed by atoms with E-state index in [2.05, 4.69) is 5.32 Å². The van der Waals surface area contributed by atoms with Crippen LogP contribution in [0.4, 0.5) is 11.4 Å². The molecule has 2 aromatic rings. The van der Waals surface area contributed by atoms with Crippen molar-refractivity contribution in [1.29, 1.82) is 0 Å². The Morgan fingerprint density at radius 1 is 1.17 bits per heavy atom. The highest BCUT2D eigenvalue weighted by molar-refractivity contribution is 7.92. The Balaban J connectivity index is 2.05. The number of carbonyl (C=O) groups is 1. The summed E-state index contributed by atoms with van der Waals surface area (Å²) in [6.45, 7) is 2.00. The smallest absolute Gasteiger partial charge is 0.271 e. The summed E-state index contributed by atoms with van der Waals surface area (Å²) in [5.41, 5.74) is 1.00. The van der Waals surface area contributed by atoms with Gasteiger partial charge >= 0.3 is 0 Å². The molecule has 0 heterocycles. The third-order valence-corrected chi connectivity index (χ3v) is 5.69. The zero-order chi connectivity index (χ0) is 21.4. The summed E-state index contributed by atoms with van der Waals surface area (Å²) in [7, 11) is -3.80. The molecule has 29 heavy (non-hydrogen) atoms. The molecule has 0 saturated carbocycles. The highest BCUT2D eigenvalue weighted by atomic mass is 32.2. The van der Waals surface area contributed by atoms with Crippen molar-refractivity contribution in [3.8, 4) is 0 Å². The number of hydrogen-bond donors (Lipinski definition) is 1. The van der Waals surface area contributed by atoms with Gasteiger partial charge in [-0.3, -0.25) is 19.2 Å². The summed E-state index contributed by atoms with van der Waals surface area (Å²) < 4.78 is 25.2. The Kier molecular flexibility index (Phi) is 7.72. The molecule has 0 aliphatic heterocycles. The van der Waals surface area contributed by atoms with Crippen LogP contribution in [0.15, 0.2) is 54.6 Å². The molecule has 0 spiro atoms. The van der Waals surface area contributed by atoms with Crippen LogP contribution < -0.4 is 9.62 Å². The van der Waals surface area contributed by atoms with Crippen LogP contribution in [0.25, 0.3) is 0 Å². The number of nitrogens with zero attached hydrogens (tertiary/aromatic N) is 2. The van der Waals surface area contributed by atoms with Gasteiger partial charge in [-0.05, 0) is 24.0 Å². The average Bonchev–Trinajstić information content (AvgIpc) is 2.69. The average molecular weight is 420 g/mol. The standard InChI is InChI=1S/C20H25N3O5S/c1-3-16(12-17-8-5-4-6-9-17)14-21-20(24)15-22(29(2,27)28)18-10-7-11-19(13-18)23(25)26/h4-11,13,16H,3,12,14-15H2,1-2H3,(H,21,24). The van der Waals surface area contributed by atoms with Gasteiger partial charge in [-0.2, -0.15) is 0 Å². The van der Waals surface area contributed by atoms with Crippen LogP contribution >= 0.6 is 0 Å². The van der Waals surface area contributed by atoms with Crippen molar-refractivity contribution in [3.05, 3.63) is 70.3 Å². The monoisotopic (exact) mass is 419 g/mol. The normalized spacial score (nSPS) is 12.2. The second-order valence-electron chi connectivity index (χ2n) is 6.81. The lowest BCUT2D eigenvalue weighted by molar-refractivity contribution is -0.384. The second kappa shape index (κ2) is 10.0. The molecule has 0 aliphatic rings. The molecule has 9 heteroatoms. The van der Waals surface area contributed by atoms with E-state index in [1.54, 1.807) is 0 Å². The van der Waals surface area contributed by atoms with Crippen LogP contribution in [0, 0.1) is 16.0 Å². The Bertz CT molecular complexity index is 948. The molecule has 0 aromatic heterocycles. The number of non-ortho nitro benzene ring substituents is 1. The number of nitrogens with one attached hydrogen (secondary N) is 1. The van der Waals surface area contributed by atoms with Crippen LogP contribution in [0.1, 0.15) is 18.9 Å². The van der Waals surface area contributed by atoms with Crippen LogP contribution in [0.3, 0.4) is 0 Å². The Morgan fingerprint density at radius 2 is 1.86 bits per heavy atom. The van der Waals surface area contributed by atoms with E-state index in [0.717, 1.165) is 29.5 Å². The van der Waals surface area contributed by atoms with E-state index in [1.165, 1.54) is 23.8 Å². The van der Waals surface area contributed by atoms with Crippen LogP contribution in [-0.4, -0.2) is 38.6 Å². The van der Waals surface area contributed by atoms with Gasteiger partial charge in [-0.15, -0.1) is 0 Å². The number of rotatable bonds is 10. The summed E-state index contributed by atoms with van der Waals surface area (Å²) in [6.07, 6.45) is 2.62. The van der Waals surface area contributed by atoms with Gasteiger partial charge in [0.2, 0.25) is 15.9 Å². The minimum absolute atomic E-state index is 0.0770. The molecular weight excluding hydrogens is 394 g/mol. The fourth-order valence-electron chi connectivity index (χ4n) is 2.91. The van der Waals surface area contributed by atoms with Gasteiger partial charge in [0.25, 0.3) is 5.69 Å². The molecule has 0 saturated heterocycles. The van der Waals surface area contributed by atoms with E-state index >= 15 is 0 Å².